The van der Waals surface area contributed by atoms with Crippen LogP contribution in [-0.4, -0.2) is 46.4 Å². The third kappa shape index (κ3) is 2.87. The van der Waals surface area contributed by atoms with Gasteiger partial charge in [0, 0.05) is 13.1 Å². The van der Waals surface area contributed by atoms with Crippen molar-refractivity contribution in [3.8, 4) is 0 Å². The Morgan fingerprint density at radius 3 is 2.67 bits per heavy atom. The molecule has 2 aliphatic rings. The van der Waals surface area contributed by atoms with Crippen molar-refractivity contribution in [2.75, 3.05) is 18.8 Å². The number of hydrogen-bond donors (Lipinski definition) is 0. The molecule has 1 saturated heterocycles. The Bertz CT molecular complexity index is 462. The number of likely N-dealkylation sites (tertiary alicyclic amines) is 1. The molecule has 0 bridgehead atoms. The zero-order valence-electron chi connectivity index (χ0n) is 10.3. The molecular weight excluding hydrogens is 250 g/mol. The lowest BCUT2D eigenvalue weighted by atomic mass is 10.2. The van der Waals surface area contributed by atoms with Crippen LogP contribution in [0.4, 0.5) is 0 Å². The second-order valence-corrected chi connectivity index (χ2v) is 5.19. The van der Waals surface area contributed by atoms with Crippen LogP contribution in [0.2, 0.25) is 0 Å². The number of thioether (sulfide) groups is 1. The standard InChI is InChI=1S/C12H15N3O2S/c1-8-9(2)13-12(14-11(8)17)18-7-10(16)15-5-3-4-6-15/h1,3-7H2,2H3. The number of hydrogen-bond acceptors (Lipinski definition) is 4. The maximum Gasteiger partial charge on any atom is 0.280 e. The minimum atomic E-state index is -0.362. The van der Waals surface area contributed by atoms with E-state index < -0.39 is 0 Å². The Balaban J connectivity index is 1.91. The van der Waals surface area contributed by atoms with Gasteiger partial charge in [0.2, 0.25) is 5.91 Å². The van der Waals surface area contributed by atoms with Gasteiger partial charge in [-0.2, -0.15) is 4.99 Å². The Morgan fingerprint density at radius 1 is 1.39 bits per heavy atom. The molecule has 0 aliphatic carbocycles. The van der Waals surface area contributed by atoms with Crippen LogP contribution in [0.25, 0.3) is 0 Å². The molecule has 2 aliphatic heterocycles. The molecular formula is C12H15N3O2S. The highest BCUT2D eigenvalue weighted by Crippen LogP contribution is 2.16. The molecule has 2 rings (SSSR count). The summed E-state index contributed by atoms with van der Waals surface area (Å²) in [6.45, 7) is 6.99. The lowest BCUT2D eigenvalue weighted by molar-refractivity contribution is -0.127. The number of carbonyl (C=O) groups is 2. The lowest BCUT2D eigenvalue weighted by Crippen LogP contribution is -2.29. The number of aliphatic imine (C=N–C) groups is 2. The van der Waals surface area contributed by atoms with Crippen molar-refractivity contribution in [3.63, 3.8) is 0 Å². The molecule has 0 atom stereocenters. The summed E-state index contributed by atoms with van der Waals surface area (Å²) in [5.74, 6) is 0.0126. The highest BCUT2D eigenvalue weighted by molar-refractivity contribution is 8.14. The molecule has 2 heterocycles. The van der Waals surface area contributed by atoms with Crippen LogP contribution in [0.15, 0.2) is 22.1 Å². The number of amides is 2. The second kappa shape index (κ2) is 5.48. The highest BCUT2D eigenvalue weighted by Gasteiger charge is 2.21. The van der Waals surface area contributed by atoms with E-state index in [1.807, 2.05) is 4.90 Å². The van der Waals surface area contributed by atoms with Crippen LogP contribution < -0.4 is 0 Å². The summed E-state index contributed by atoms with van der Waals surface area (Å²) in [6, 6.07) is 0. The van der Waals surface area contributed by atoms with Gasteiger partial charge in [-0.3, -0.25) is 9.59 Å². The molecule has 0 unspecified atom stereocenters. The molecule has 0 aromatic rings. The van der Waals surface area contributed by atoms with Crippen molar-refractivity contribution in [1.29, 1.82) is 0 Å². The normalized spacial score (nSPS) is 19.9. The Hall–Kier alpha value is -1.43. The monoisotopic (exact) mass is 265 g/mol. The highest BCUT2D eigenvalue weighted by atomic mass is 32.2. The van der Waals surface area contributed by atoms with E-state index in [0.29, 0.717) is 16.5 Å². The van der Waals surface area contributed by atoms with Gasteiger partial charge < -0.3 is 4.90 Å². The van der Waals surface area contributed by atoms with Crippen molar-refractivity contribution >= 4 is 34.5 Å². The smallest absolute Gasteiger partial charge is 0.280 e. The van der Waals surface area contributed by atoms with E-state index in [9.17, 15) is 9.59 Å². The van der Waals surface area contributed by atoms with E-state index in [0.717, 1.165) is 25.9 Å². The average Bonchev–Trinajstić information content (AvgIpc) is 2.86. The third-order valence-corrected chi connectivity index (χ3v) is 3.77. The molecule has 0 N–H and O–H groups in total. The van der Waals surface area contributed by atoms with Crippen LogP contribution in [0, 0.1) is 0 Å². The summed E-state index contributed by atoms with van der Waals surface area (Å²) in [7, 11) is 0. The van der Waals surface area contributed by atoms with E-state index in [2.05, 4.69) is 16.6 Å². The molecule has 18 heavy (non-hydrogen) atoms. The van der Waals surface area contributed by atoms with Gasteiger partial charge in [0.25, 0.3) is 5.91 Å². The fourth-order valence-corrected chi connectivity index (χ4v) is 2.58. The molecule has 0 saturated carbocycles. The van der Waals surface area contributed by atoms with E-state index in [-0.39, 0.29) is 17.6 Å². The van der Waals surface area contributed by atoms with E-state index in [4.69, 9.17) is 0 Å². The number of carbonyl (C=O) groups excluding carboxylic acids is 2. The van der Waals surface area contributed by atoms with Gasteiger partial charge in [-0.15, -0.1) is 0 Å². The maximum atomic E-state index is 11.8. The number of amidine groups is 1. The number of nitrogens with zero attached hydrogens (tertiary/aromatic N) is 3. The minimum absolute atomic E-state index is 0.0879. The largest absolute Gasteiger partial charge is 0.342 e. The van der Waals surface area contributed by atoms with E-state index >= 15 is 0 Å². The van der Waals surface area contributed by atoms with Crippen molar-refractivity contribution in [2.24, 2.45) is 9.98 Å². The molecule has 0 radical (unpaired) electrons. The van der Waals surface area contributed by atoms with Gasteiger partial charge in [0.15, 0.2) is 5.17 Å². The predicted molar refractivity (Wildman–Crippen MR) is 73.0 cm³/mol. The SMILES string of the molecule is C=C1C(=O)N=C(SCC(=O)N2CCCC2)N=C1C. The first-order chi connectivity index (χ1) is 8.58. The fourth-order valence-electron chi connectivity index (χ4n) is 1.79. The van der Waals surface area contributed by atoms with Gasteiger partial charge in [0.05, 0.1) is 17.0 Å². The summed E-state index contributed by atoms with van der Waals surface area (Å²) in [4.78, 5) is 33.0. The quantitative estimate of drug-likeness (QED) is 0.706. The molecule has 6 heteroatoms. The minimum Gasteiger partial charge on any atom is -0.342 e. The second-order valence-electron chi connectivity index (χ2n) is 4.25. The maximum absolute atomic E-state index is 11.8. The van der Waals surface area contributed by atoms with Crippen molar-refractivity contribution < 1.29 is 9.59 Å². The third-order valence-electron chi connectivity index (χ3n) is 2.94. The molecule has 1 fully saturated rings. The molecule has 2 amide bonds. The topological polar surface area (TPSA) is 62.1 Å². The first kappa shape index (κ1) is 13.0. The van der Waals surface area contributed by atoms with Crippen LogP contribution in [0.1, 0.15) is 19.8 Å². The van der Waals surface area contributed by atoms with Gasteiger partial charge in [0.1, 0.15) is 0 Å². The Morgan fingerprint density at radius 2 is 2.06 bits per heavy atom. The predicted octanol–water partition coefficient (Wildman–Crippen LogP) is 1.26. The summed E-state index contributed by atoms with van der Waals surface area (Å²) in [6.07, 6.45) is 2.15. The van der Waals surface area contributed by atoms with Gasteiger partial charge in [-0.05, 0) is 19.8 Å². The summed E-state index contributed by atoms with van der Waals surface area (Å²) >= 11 is 1.21. The summed E-state index contributed by atoms with van der Waals surface area (Å²) in [5.41, 5.74) is 0.899. The van der Waals surface area contributed by atoms with Gasteiger partial charge in [-0.25, -0.2) is 4.99 Å². The number of rotatable bonds is 2. The van der Waals surface area contributed by atoms with Gasteiger partial charge >= 0.3 is 0 Å². The molecule has 0 spiro atoms. The molecule has 96 valence electrons. The first-order valence-corrected chi connectivity index (χ1v) is 6.84. The zero-order valence-corrected chi connectivity index (χ0v) is 11.1. The van der Waals surface area contributed by atoms with E-state index in [1.165, 1.54) is 11.8 Å². The molecule has 5 nitrogen and oxygen atoms in total. The van der Waals surface area contributed by atoms with Crippen LogP contribution in [0.5, 0.6) is 0 Å². The summed E-state index contributed by atoms with van der Waals surface area (Å²) < 4.78 is 0. The van der Waals surface area contributed by atoms with Crippen LogP contribution >= 0.6 is 11.8 Å². The van der Waals surface area contributed by atoms with Crippen molar-refractivity contribution in [3.05, 3.63) is 12.2 Å². The van der Waals surface area contributed by atoms with Crippen LogP contribution in [-0.2, 0) is 9.59 Å². The summed E-state index contributed by atoms with van der Waals surface area (Å²) in [5, 5.41) is 0.359. The van der Waals surface area contributed by atoms with Gasteiger partial charge in [-0.1, -0.05) is 18.3 Å². The molecule has 0 aromatic heterocycles. The zero-order chi connectivity index (χ0) is 13.1. The van der Waals surface area contributed by atoms with Crippen LogP contribution in [0.3, 0.4) is 0 Å². The van der Waals surface area contributed by atoms with Crippen molar-refractivity contribution in [2.45, 2.75) is 19.8 Å². The molecule has 0 aromatic carbocycles. The lowest BCUT2D eigenvalue weighted by Gasteiger charge is -2.15. The van der Waals surface area contributed by atoms with Crippen molar-refractivity contribution in [1.82, 2.24) is 4.90 Å². The Kier molecular flexibility index (Phi) is 3.96. The first-order valence-electron chi connectivity index (χ1n) is 5.86. The average molecular weight is 265 g/mol. The van der Waals surface area contributed by atoms with E-state index in [1.54, 1.807) is 6.92 Å². The Labute approximate surface area is 110 Å². The fraction of sp³-hybridized carbons (Fsp3) is 0.500.